The van der Waals surface area contributed by atoms with Gasteiger partial charge < -0.3 is 15.0 Å². The number of halogens is 1. The van der Waals surface area contributed by atoms with Crippen LogP contribution in [0.15, 0.2) is 58.1 Å². The maximum atomic E-state index is 13.1. The van der Waals surface area contributed by atoms with Gasteiger partial charge in [0.05, 0.1) is 17.1 Å². The SMILES string of the molecule is C=CCOC(=O)C1=C(C)Nc2nc(SCC(C)C)[nH]c(=O)c2[C@@H]1c1ccc(Cl)cc1. The summed E-state index contributed by atoms with van der Waals surface area (Å²) in [6.07, 6.45) is 1.50. The molecule has 0 fully saturated rings. The Morgan fingerprint density at radius 2 is 2.07 bits per heavy atom. The molecule has 30 heavy (non-hydrogen) atoms. The van der Waals surface area contributed by atoms with E-state index in [1.165, 1.54) is 17.8 Å². The van der Waals surface area contributed by atoms with Gasteiger partial charge in [-0.1, -0.05) is 62.0 Å². The number of nitrogens with one attached hydrogen (secondary N) is 2. The smallest absolute Gasteiger partial charge is 0.337 e. The molecule has 1 aromatic heterocycles. The minimum Gasteiger partial charge on any atom is -0.458 e. The molecule has 1 aromatic carbocycles. The number of ether oxygens (including phenoxy) is 1. The van der Waals surface area contributed by atoms with Crippen molar-refractivity contribution in [2.75, 3.05) is 17.7 Å². The molecule has 6 nitrogen and oxygen atoms in total. The number of carbonyl (C=O) groups is 1. The number of fused-ring (bicyclic) bond motifs is 1. The molecule has 1 aliphatic heterocycles. The zero-order valence-corrected chi connectivity index (χ0v) is 18.7. The Labute approximate surface area is 184 Å². The van der Waals surface area contributed by atoms with Gasteiger partial charge in [0.1, 0.15) is 12.4 Å². The van der Waals surface area contributed by atoms with Crippen LogP contribution in [-0.2, 0) is 9.53 Å². The standard InChI is InChI=1S/C22H24ClN3O3S/c1-5-10-29-21(28)16-13(4)24-19-18(17(16)14-6-8-15(23)9-7-14)20(27)26-22(25-19)30-11-12(2)3/h5-9,12,17H,1,10-11H2,2-4H3,(H2,24,25,26,27)/t17-/m1/s1. The summed E-state index contributed by atoms with van der Waals surface area (Å²) < 4.78 is 5.30. The first-order chi connectivity index (χ1) is 14.3. The molecule has 1 aliphatic rings. The highest BCUT2D eigenvalue weighted by molar-refractivity contribution is 7.99. The number of thioether (sulfide) groups is 1. The van der Waals surface area contributed by atoms with E-state index < -0.39 is 11.9 Å². The largest absolute Gasteiger partial charge is 0.458 e. The van der Waals surface area contributed by atoms with Gasteiger partial charge in [0.15, 0.2) is 5.16 Å². The van der Waals surface area contributed by atoms with Crippen molar-refractivity contribution >= 4 is 35.1 Å². The lowest BCUT2D eigenvalue weighted by Crippen LogP contribution is -2.31. The molecule has 0 aliphatic carbocycles. The van der Waals surface area contributed by atoms with Crippen molar-refractivity contribution in [3.63, 3.8) is 0 Å². The molecule has 0 saturated heterocycles. The Bertz CT molecular complexity index is 1040. The lowest BCUT2D eigenvalue weighted by atomic mass is 9.82. The van der Waals surface area contributed by atoms with Crippen molar-refractivity contribution in [2.24, 2.45) is 5.92 Å². The minimum atomic E-state index is -0.628. The maximum absolute atomic E-state index is 13.1. The molecule has 0 unspecified atom stereocenters. The van der Waals surface area contributed by atoms with Crippen LogP contribution < -0.4 is 10.9 Å². The minimum absolute atomic E-state index is 0.0786. The molecule has 1 atom stereocenters. The average molecular weight is 446 g/mol. The van der Waals surface area contributed by atoms with Crippen LogP contribution in [0.4, 0.5) is 5.82 Å². The monoisotopic (exact) mass is 445 g/mol. The summed E-state index contributed by atoms with van der Waals surface area (Å²) in [5, 5.41) is 4.24. The molecular formula is C22H24ClN3O3S. The molecule has 0 spiro atoms. The Morgan fingerprint density at radius 3 is 2.70 bits per heavy atom. The van der Waals surface area contributed by atoms with Crippen LogP contribution in [0.3, 0.4) is 0 Å². The third-order valence-electron chi connectivity index (χ3n) is 4.53. The summed E-state index contributed by atoms with van der Waals surface area (Å²) in [5.41, 5.74) is 1.79. The van der Waals surface area contributed by atoms with Crippen LogP contribution in [0.1, 0.15) is 37.8 Å². The van der Waals surface area contributed by atoms with Gasteiger partial charge in [-0.15, -0.1) is 0 Å². The van der Waals surface area contributed by atoms with Crippen molar-refractivity contribution in [1.82, 2.24) is 9.97 Å². The molecule has 158 valence electrons. The van der Waals surface area contributed by atoms with Crippen LogP contribution in [0.2, 0.25) is 5.02 Å². The number of benzene rings is 1. The highest BCUT2D eigenvalue weighted by Crippen LogP contribution is 2.40. The van der Waals surface area contributed by atoms with Crippen LogP contribution in [0.5, 0.6) is 0 Å². The fourth-order valence-electron chi connectivity index (χ4n) is 3.22. The van der Waals surface area contributed by atoms with Crippen LogP contribution in [0, 0.1) is 5.92 Å². The van der Waals surface area contributed by atoms with Gasteiger partial charge in [0.2, 0.25) is 0 Å². The Hall–Kier alpha value is -2.51. The molecule has 2 aromatic rings. The predicted octanol–water partition coefficient (Wildman–Crippen LogP) is 4.73. The van der Waals surface area contributed by atoms with Gasteiger partial charge in [-0.3, -0.25) is 4.79 Å². The number of aromatic nitrogens is 2. The number of H-pyrrole nitrogens is 1. The number of nitrogens with zero attached hydrogens (tertiary/aromatic N) is 1. The molecule has 0 saturated carbocycles. The number of allylic oxidation sites excluding steroid dienone is 1. The van der Waals surface area contributed by atoms with E-state index >= 15 is 0 Å². The molecule has 2 heterocycles. The molecule has 3 rings (SSSR count). The summed E-state index contributed by atoms with van der Waals surface area (Å²) in [7, 11) is 0. The third-order valence-corrected chi connectivity index (χ3v) is 6.08. The van der Waals surface area contributed by atoms with E-state index in [9.17, 15) is 9.59 Å². The molecular weight excluding hydrogens is 422 g/mol. The first-order valence-electron chi connectivity index (χ1n) is 9.60. The van der Waals surface area contributed by atoms with E-state index in [1.54, 1.807) is 31.2 Å². The molecule has 0 amide bonds. The second kappa shape index (κ2) is 9.53. The number of anilines is 1. The lowest BCUT2D eigenvalue weighted by molar-refractivity contribution is -0.138. The van der Waals surface area contributed by atoms with Crippen LogP contribution in [0.25, 0.3) is 0 Å². The number of aromatic amines is 1. The lowest BCUT2D eigenvalue weighted by Gasteiger charge is -2.28. The number of hydrogen-bond acceptors (Lipinski definition) is 6. The van der Waals surface area contributed by atoms with Crippen molar-refractivity contribution in [3.05, 3.63) is 74.7 Å². The Kier molecular flexibility index (Phi) is 7.05. The van der Waals surface area contributed by atoms with E-state index in [2.05, 4.69) is 35.7 Å². The van der Waals surface area contributed by atoms with Crippen molar-refractivity contribution < 1.29 is 9.53 Å². The van der Waals surface area contributed by atoms with Crippen molar-refractivity contribution in [2.45, 2.75) is 31.8 Å². The fraction of sp³-hybridized carbons (Fsp3) is 0.318. The first kappa shape index (κ1) is 22.2. The number of esters is 1. The van der Waals surface area contributed by atoms with Crippen LogP contribution in [-0.4, -0.2) is 28.3 Å². The van der Waals surface area contributed by atoms with Crippen molar-refractivity contribution in [1.29, 1.82) is 0 Å². The summed E-state index contributed by atoms with van der Waals surface area (Å²) >= 11 is 7.54. The average Bonchev–Trinajstić information content (AvgIpc) is 2.70. The maximum Gasteiger partial charge on any atom is 0.337 e. The third kappa shape index (κ3) is 4.79. The van der Waals surface area contributed by atoms with Crippen molar-refractivity contribution in [3.8, 4) is 0 Å². The number of rotatable bonds is 7. The zero-order valence-electron chi connectivity index (χ0n) is 17.1. The summed E-state index contributed by atoms with van der Waals surface area (Å²) in [6.45, 7) is 9.65. The normalized spacial score (nSPS) is 15.6. The molecule has 8 heteroatoms. The Morgan fingerprint density at radius 1 is 1.37 bits per heavy atom. The predicted molar refractivity (Wildman–Crippen MR) is 121 cm³/mol. The topological polar surface area (TPSA) is 84.1 Å². The molecule has 0 radical (unpaired) electrons. The summed E-state index contributed by atoms with van der Waals surface area (Å²) in [6, 6.07) is 7.07. The van der Waals surface area contributed by atoms with Gasteiger partial charge >= 0.3 is 5.97 Å². The summed E-state index contributed by atoms with van der Waals surface area (Å²) in [4.78, 5) is 33.4. The van der Waals surface area contributed by atoms with E-state index in [1.807, 2.05) is 0 Å². The van der Waals surface area contributed by atoms with Crippen LogP contribution >= 0.6 is 23.4 Å². The van der Waals surface area contributed by atoms with E-state index in [0.717, 1.165) is 11.3 Å². The first-order valence-corrected chi connectivity index (χ1v) is 11.0. The van der Waals surface area contributed by atoms with Gasteiger partial charge in [-0.25, -0.2) is 9.78 Å². The molecule has 0 bridgehead atoms. The number of carbonyl (C=O) groups excluding carboxylic acids is 1. The van der Waals surface area contributed by atoms with E-state index in [0.29, 0.717) is 38.7 Å². The quantitative estimate of drug-likeness (QED) is 0.277. The second-order valence-corrected chi connectivity index (χ2v) is 8.82. The van der Waals surface area contributed by atoms with Gasteiger partial charge in [0.25, 0.3) is 5.56 Å². The highest BCUT2D eigenvalue weighted by Gasteiger charge is 2.36. The van der Waals surface area contributed by atoms with E-state index in [4.69, 9.17) is 16.3 Å². The van der Waals surface area contributed by atoms with Gasteiger partial charge in [0, 0.05) is 16.5 Å². The Balaban J connectivity index is 2.13. The van der Waals surface area contributed by atoms with Gasteiger partial charge in [-0.05, 0) is 30.5 Å². The second-order valence-electron chi connectivity index (χ2n) is 7.37. The fourth-order valence-corrected chi connectivity index (χ4v) is 4.15. The van der Waals surface area contributed by atoms with E-state index in [-0.39, 0.29) is 12.2 Å². The summed E-state index contributed by atoms with van der Waals surface area (Å²) in [5.74, 6) is 0.595. The van der Waals surface area contributed by atoms with Gasteiger partial charge in [-0.2, -0.15) is 0 Å². The molecule has 2 N–H and O–H groups in total. The zero-order chi connectivity index (χ0) is 21.8. The number of hydrogen-bond donors (Lipinski definition) is 2. The highest BCUT2D eigenvalue weighted by atomic mass is 35.5.